The van der Waals surface area contributed by atoms with Gasteiger partial charge in [0, 0.05) is 25.7 Å². The molecule has 1 fully saturated rings. The van der Waals surface area contributed by atoms with Crippen LogP contribution in [0.1, 0.15) is 32.3 Å². The number of amides is 2. The molecule has 1 aromatic carbocycles. The topological polar surface area (TPSA) is 87.2 Å². The molecule has 0 saturated carbocycles. The number of hydrogen-bond donors (Lipinski definition) is 1. The van der Waals surface area contributed by atoms with Gasteiger partial charge in [0.05, 0.1) is 25.0 Å². The lowest BCUT2D eigenvalue weighted by Crippen LogP contribution is -2.49. The monoisotopic (exact) mass is 376 g/mol. The van der Waals surface area contributed by atoms with Gasteiger partial charge in [0.15, 0.2) is 0 Å². The van der Waals surface area contributed by atoms with Crippen molar-refractivity contribution in [3.63, 3.8) is 0 Å². The normalized spacial score (nSPS) is 17.3. The fourth-order valence-electron chi connectivity index (χ4n) is 3.53. The summed E-state index contributed by atoms with van der Waals surface area (Å²) in [6, 6.07) is 7.33. The van der Waals surface area contributed by atoms with Gasteiger partial charge in [0.1, 0.15) is 5.75 Å². The summed E-state index contributed by atoms with van der Waals surface area (Å²) in [6.07, 6.45) is 1.24. The van der Waals surface area contributed by atoms with Crippen LogP contribution in [0.15, 0.2) is 24.3 Å². The second-order valence-electron chi connectivity index (χ2n) is 7.50. The van der Waals surface area contributed by atoms with E-state index in [4.69, 9.17) is 4.74 Å². The highest BCUT2D eigenvalue weighted by atomic mass is 16.5. The Labute approximate surface area is 159 Å². The highest BCUT2D eigenvalue weighted by molar-refractivity contribution is 5.91. The van der Waals surface area contributed by atoms with Crippen LogP contribution >= 0.6 is 0 Å². The Hall–Kier alpha value is -2.57. The van der Waals surface area contributed by atoms with Gasteiger partial charge in [-0.2, -0.15) is 0 Å². The molecule has 2 rings (SSSR count). The molecule has 148 valence electrons. The predicted octanol–water partition coefficient (Wildman–Crippen LogP) is 1.75. The molecule has 0 aliphatic carbocycles. The lowest BCUT2D eigenvalue weighted by atomic mass is 9.82. The Balaban J connectivity index is 2.08. The Bertz CT molecular complexity index is 716. The number of methoxy groups -OCH3 is 1. The van der Waals surface area contributed by atoms with E-state index < -0.39 is 17.3 Å². The third-order valence-electron chi connectivity index (χ3n) is 5.16. The van der Waals surface area contributed by atoms with Crippen molar-refractivity contribution in [2.75, 3.05) is 33.8 Å². The maximum Gasteiger partial charge on any atom is 0.308 e. The molecule has 1 N–H and O–H groups in total. The first-order chi connectivity index (χ1) is 12.7. The van der Waals surface area contributed by atoms with Crippen molar-refractivity contribution in [1.82, 2.24) is 9.80 Å². The first-order valence-electron chi connectivity index (χ1n) is 9.08. The number of piperidine rings is 1. The number of benzene rings is 1. The van der Waals surface area contributed by atoms with Gasteiger partial charge in [-0.3, -0.25) is 14.4 Å². The molecular weight excluding hydrogens is 348 g/mol. The summed E-state index contributed by atoms with van der Waals surface area (Å²) < 4.78 is 5.37. The van der Waals surface area contributed by atoms with E-state index in [0.717, 1.165) is 5.56 Å². The standard InChI is InChI=1S/C20H28N2O5/c1-20(2,15-9-5-6-10-16(15)27-4)19(26)21(3)13-17(23)22-11-7-8-14(12-22)18(24)25/h5-6,9-10,14H,7-8,11-13H2,1-4H3,(H,24,25). The fourth-order valence-corrected chi connectivity index (χ4v) is 3.53. The largest absolute Gasteiger partial charge is 0.496 e. The number of likely N-dealkylation sites (N-methyl/N-ethyl adjacent to an activating group) is 1. The lowest BCUT2D eigenvalue weighted by Gasteiger charge is -2.34. The van der Waals surface area contributed by atoms with Crippen LogP contribution in [0.5, 0.6) is 5.75 Å². The number of hydrogen-bond acceptors (Lipinski definition) is 4. The Morgan fingerprint density at radius 3 is 2.59 bits per heavy atom. The molecule has 0 bridgehead atoms. The number of rotatable bonds is 6. The Morgan fingerprint density at radius 2 is 1.96 bits per heavy atom. The number of nitrogens with zero attached hydrogens (tertiary/aromatic N) is 2. The zero-order valence-electron chi connectivity index (χ0n) is 16.4. The molecule has 1 aliphatic heterocycles. The van der Waals surface area contributed by atoms with E-state index in [9.17, 15) is 19.5 Å². The number of ether oxygens (including phenoxy) is 1. The van der Waals surface area contributed by atoms with Crippen LogP contribution in [-0.2, 0) is 19.8 Å². The summed E-state index contributed by atoms with van der Waals surface area (Å²) in [4.78, 5) is 39.7. The van der Waals surface area contributed by atoms with Gasteiger partial charge in [0.25, 0.3) is 0 Å². The van der Waals surface area contributed by atoms with Gasteiger partial charge in [-0.15, -0.1) is 0 Å². The molecule has 1 aliphatic rings. The van der Waals surface area contributed by atoms with E-state index in [1.54, 1.807) is 39.0 Å². The molecule has 7 heteroatoms. The molecule has 1 aromatic rings. The van der Waals surface area contributed by atoms with Crippen molar-refractivity contribution in [3.05, 3.63) is 29.8 Å². The van der Waals surface area contributed by atoms with Gasteiger partial charge < -0.3 is 19.6 Å². The highest BCUT2D eigenvalue weighted by Crippen LogP contribution is 2.32. The minimum Gasteiger partial charge on any atom is -0.496 e. The zero-order chi connectivity index (χ0) is 20.2. The molecule has 2 amide bonds. The number of aliphatic carboxylic acids is 1. The van der Waals surface area contributed by atoms with Gasteiger partial charge in [-0.25, -0.2) is 0 Å². The van der Waals surface area contributed by atoms with E-state index in [1.807, 2.05) is 18.2 Å². The molecule has 1 unspecified atom stereocenters. The van der Waals surface area contributed by atoms with E-state index in [1.165, 1.54) is 4.90 Å². The van der Waals surface area contributed by atoms with Crippen molar-refractivity contribution in [2.24, 2.45) is 5.92 Å². The summed E-state index contributed by atoms with van der Waals surface area (Å²) in [5, 5.41) is 9.18. The SMILES string of the molecule is COc1ccccc1C(C)(C)C(=O)N(C)CC(=O)N1CCCC(C(=O)O)C1. The number of carboxylic acid groups (broad SMARTS) is 1. The third-order valence-corrected chi connectivity index (χ3v) is 5.16. The van der Waals surface area contributed by atoms with Crippen LogP contribution in [0.3, 0.4) is 0 Å². The van der Waals surface area contributed by atoms with Crippen LogP contribution in [0.4, 0.5) is 0 Å². The first-order valence-corrected chi connectivity index (χ1v) is 9.08. The first kappa shape index (κ1) is 20.7. The van der Waals surface area contributed by atoms with Crippen LogP contribution in [0, 0.1) is 5.92 Å². The van der Waals surface area contributed by atoms with Gasteiger partial charge in [0.2, 0.25) is 11.8 Å². The summed E-state index contributed by atoms with van der Waals surface area (Å²) in [5.74, 6) is -1.22. The Morgan fingerprint density at radius 1 is 1.30 bits per heavy atom. The predicted molar refractivity (Wildman–Crippen MR) is 101 cm³/mol. The summed E-state index contributed by atoms with van der Waals surface area (Å²) >= 11 is 0. The second kappa shape index (κ2) is 8.41. The number of carbonyl (C=O) groups is 3. The zero-order valence-corrected chi connectivity index (χ0v) is 16.4. The molecule has 1 atom stereocenters. The molecule has 0 radical (unpaired) electrons. The quantitative estimate of drug-likeness (QED) is 0.817. The number of carbonyl (C=O) groups excluding carboxylic acids is 2. The minimum absolute atomic E-state index is 0.0796. The number of carboxylic acids is 1. The summed E-state index contributed by atoms with van der Waals surface area (Å²) in [6.45, 7) is 4.25. The molecule has 1 heterocycles. The maximum absolute atomic E-state index is 13.0. The van der Waals surface area contributed by atoms with Crippen molar-refractivity contribution >= 4 is 17.8 Å². The lowest BCUT2D eigenvalue weighted by molar-refractivity contribution is -0.148. The van der Waals surface area contributed by atoms with Crippen molar-refractivity contribution in [2.45, 2.75) is 32.1 Å². The van der Waals surface area contributed by atoms with E-state index >= 15 is 0 Å². The summed E-state index contributed by atoms with van der Waals surface area (Å²) in [5.41, 5.74) is -0.117. The van der Waals surface area contributed by atoms with E-state index in [-0.39, 0.29) is 24.9 Å². The Kier molecular flexibility index (Phi) is 6.46. The van der Waals surface area contributed by atoms with Crippen LogP contribution in [-0.4, -0.2) is 66.5 Å². The van der Waals surface area contributed by atoms with Crippen LogP contribution in [0.2, 0.25) is 0 Å². The van der Waals surface area contributed by atoms with Crippen molar-refractivity contribution in [3.8, 4) is 5.75 Å². The van der Waals surface area contributed by atoms with Gasteiger partial charge in [-0.05, 0) is 32.8 Å². The number of para-hydroxylation sites is 1. The van der Waals surface area contributed by atoms with Crippen LogP contribution < -0.4 is 4.74 Å². The molecule has 0 spiro atoms. The smallest absolute Gasteiger partial charge is 0.308 e. The highest BCUT2D eigenvalue weighted by Gasteiger charge is 2.36. The second-order valence-corrected chi connectivity index (χ2v) is 7.50. The minimum atomic E-state index is -0.880. The molecule has 0 aromatic heterocycles. The third kappa shape index (κ3) is 4.59. The van der Waals surface area contributed by atoms with Gasteiger partial charge in [-0.1, -0.05) is 18.2 Å². The van der Waals surface area contributed by atoms with E-state index in [2.05, 4.69) is 0 Å². The van der Waals surface area contributed by atoms with Crippen molar-refractivity contribution in [1.29, 1.82) is 0 Å². The molecular formula is C20H28N2O5. The maximum atomic E-state index is 13.0. The molecule has 27 heavy (non-hydrogen) atoms. The van der Waals surface area contributed by atoms with Crippen molar-refractivity contribution < 1.29 is 24.2 Å². The summed E-state index contributed by atoms with van der Waals surface area (Å²) in [7, 11) is 3.15. The molecule has 7 nitrogen and oxygen atoms in total. The molecule has 1 saturated heterocycles. The fraction of sp³-hybridized carbons (Fsp3) is 0.550. The average molecular weight is 376 g/mol. The number of likely N-dealkylation sites (tertiary alicyclic amines) is 1. The van der Waals surface area contributed by atoms with Gasteiger partial charge >= 0.3 is 5.97 Å². The van der Waals surface area contributed by atoms with E-state index in [0.29, 0.717) is 25.1 Å². The van der Waals surface area contributed by atoms with Crippen LogP contribution in [0.25, 0.3) is 0 Å². The average Bonchev–Trinajstić information content (AvgIpc) is 2.67.